The fraction of sp³-hybridized carbons (Fsp3) is 0.900. The van der Waals surface area contributed by atoms with Gasteiger partial charge in [-0.2, -0.15) is 0 Å². The molecule has 0 aliphatic carbocycles. The second-order valence-electron chi connectivity index (χ2n) is 4.20. The van der Waals surface area contributed by atoms with Crippen LogP contribution in [0.3, 0.4) is 0 Å². The Labute approximate surface area is 91.3 Å². The van der Waals surface area contributed by atoms with Gasteiger partial charge in [0.15, 0.2) is 0 Å². The minimum absolute atomic E-state index is 0.267. The van der Waals surface area contributed by atoms with Crippen LogP contribution in [0.1, 0.15) is 26.2 Å². The van der Waals surface area contributed by atoms with Crippen molar-refractivity contribution >= 4 is 5.84 Å². The van der Waals surface area contributed by atoms with Crippen molar-refractivity contribution in [2.75, 3.05) is 26.2 Å². The van der Waals surface area contributed by atoms with Gasteiger partial charge in [0.2, 0.25) is 0 Å². The maximum atomic E-state index is 8.41. The van der Waals surface area contributed by atoms with Crippen LogP contribution < -0.4 is 11.1 Å². The highest BCUT2D eigenvalue weighted by atomic mass is 16.4. The van der Waals surface area contributed by atoms with Gasteiger partial charge in [-0.15, -0.1) is 0 Å². The maximum Gasteiger partial charge on any atom is 0.140 e. The quantitative estimate of drug-likeness (QED) is 0.255. The predicted molar refractivity (Wildman–Crippen MR) is 61.2 cm³/mol. The molecular weight excluding hydrogens is 192 g/mol. The normalized spacial score (nSPS) is 20.7. The molecule has 5 nitrogen and oxygen atoms in total. The van der Waals surface area contributed by atoms with Crippen molar-refractivity contribution in [3.63, 3.8) is 0 Å². The summed E-state index contributed by atoms with van der Waals surface area (Å²) in [6.07, 6.45) is 3.26. The number of hydrogen-bond acceptors (Lipinski definition) is 4. The second kappa shape index (κ2) is 6.63. The van der Waals surface area contributed by atoms with E-state index < -0.39 is 0 Å². The minimum Gasteiger partial charge on any atom is -0.409 e. The first-order valence-corrected chi connectivity index (χ1v) is 5.64. The average Bonchev–Trinajstić information content (AvgIpc) is 2.70. The molecule has 1 aliphatic rings. The smallest absolute Gasteiger partial charge is 0.140 e. The lowest BCUT2D eigenvalue weighted by atomic mass is 10.2. The van der Waals surface area contributed by atoms with E-state index in [9.17, 15) is 0 Å². The number of oxime groups is 1. The average molecular weight is 214 g/mol. The van der Waals surface area contributed by atoms with E-state index in [2.05, 4.69) is 15.4 Å². The van der Waals surface area contributed by atoms with Gasteiger partial charge in [0.1, 0.15) is 5.84 Å². The zero-order valence-corrected chi connectivity index (χ0v) is 9.45. The Kier molecular flexibility index (Phi) is 5.42. The first-order valence-electron chi connectivity index (χ1n) is 5.64. The van der Waals surface area contributed by atoms with Crippen molar-refractivity contribution in [3.05, 3.63) is 0 Å². The van der Waals surface area contributed by atoms with E-state index in [1.54, 1.807) is 0 Å². The lowest BCUT2D eigenvalue weighted by Crippen LogP contribution is -2.36. The first kappa shape index (κ1) is 12.3. The minimum atomic E-state index is 0.267. The molecule has 1 atom stereocenters. The third-order valence-corrected chi connectivity index (χ3v) is 2.76. The number of nitrogens with zero attached hydrogens (tertiary/aromatic N) is 2. The molecule has 0 aromatic carbocycles. The molecule has 1 unspecified atom stereocenters. The van der Waals surface area contributed by atoms with Crippen LogP contribution in [-0.2, 0) is 0 Å². The molecule has 1 rings (SSSR count). The lowest BCUT2D eigenvalue weighted by molar-refractivity contribution is 0.314. The van der Waals surface area contributed by atoms with Gasteiger partial charge in [0.25, 0.3) is 0 Å². The van der Waals surface area contributed by atoms with Crippen LogP contribution in [0.15, 0.2) is 5.16 Å². The number of nitrogens with two attached hydrogens (primary N) is 1. The van der Waals surface area contributed by atoms with Gasteiger partial charge in [-0.25, -0.2) is 0 Å². The molecule has 1 aliphatic heterocycles. The van der Waals surface area contributed by atoms with Crippen molar-refractivity contribution < 1.29 is 5.21 Å². The number of amidine groups is 1. The van der Waals surface area contributed by atoms with E-state index in [0.717, 1.165) is 13.1 Å². The Balaban J connectivity index is 2.03. The van der Waals surface area contributed by atoms with Crippen LogP contribution in [-0.4, -0.2) is 48.2 Å². The van der Waals surface area contributed by atoms with Gasteiger partial charge >= 0.3 is 0 Å². The van der Waals surface area contributed by atoms with Crippen molar-refractivity contribution in [2.24, 2.45) is 10.9 Å². The summed E-state index contributed by atoms with van der Waals surface area (Å²) in [5.74, 6) is 0.288. The Hall–Kier alpha value is -0.810. The van der Waals surface area contributed by atoms with Crippen molar-refractivity contribution in [2.45, 2.75) is 32.2 Å². The van der Waals surface area contributed by atoms with E-state index in [1.807, 2.05) is 6.92 Å². The molecule has 88 valence electrons. The molecule has 4 N–H and O–H groups in total. The summed E-state index contributed by atoms with van der Waals surface area (Å²) in [6, 6.07) is 0.267. The Morgan fingerprint density at radius 1 is 1.53 bits per heavy atom. The summed E-state index contributed by atoms with van der Waals surface area (Å²) in [5.41, 5.74) is 5.42. The topological polar surface area (TPSA) is 73.9 Å². The number of likely N-dealkylation sites (tertiary alicyclic amines) is 1. The standard InChI is InChI=1S/C10H22N4O/c1-9(8-10(11)13-15)12-4-7-14-5-2-3-6-14/h9,12,15H,2-8H2,1H3,(H2,11,13). The third-order valence-electron chi connectivity index (χ3n) is 2.76. The zero-order valence-electron chi connectivity index (χ0n) is 9.45. The summed E-state index contributed by atoms with van der Waals surface area (Å²) in [7, 11) is 0. The van der Waals surface area contributed by atoms with E-state index in [-0.39, 0.29) is 11.9 Å². The molecule has 0 radical (unpaired) electrons. The zero-order chi connectivity index (χ0) is 11.1. The molecule has 0 aromatic heterocycles. The monoisotopic (exact) mass is 214 g/mol. The van der Waals surface area contributed by atoms with Gasteiger partial charge < -0.3 is 21.2 Å². The molecule has 15 heavy (non-hydrogen) atoms. The van der Waals surface area contributed by atoms with Gasteiger partial charge in [0.05, 0.1) is 0 Å². The Morgan fingerprint density at radius 2 is 2.20 bits per heavy atom. The SMILES string of the molecule is CC(CC(N)=NO)NCCN1CCCC1. The Morgan fingerprint density at radius 3 is 2.80 bits per heavy atom. The van der Waals surface area contributed by atoms with E-state index in [4.69, 9.17) is 10.9 Å². The molecule has 1 saturated heterocycles. The summed E-state index contributed by atoms with van der Waals surface area (Å²) >= 11 is 0. The maximum absolute atomic E-state index is 8.41. The summed E-state index contributed by atoms with van der Waals surface area (Å²) in [4.78, 5) is 2.46. The molecule has 1 heterocycles. The van der Waals surface area contributed by atoms with Crippen molar-refractivity contribution in [1.82, 2.24) is 10.2 Å². The fourth-order valence-corrected chi connectivity index (χ4v) is 1.90. The first-order chi connectivity index (χ1) is 7.22. The molecule has 0 amide bonds. The Bertz CT molecular complexity index is 202. The van der Waals surface area contributed by atoms with Crippen LogP contribution in [0, 0.1) is 0 Å². The summed E-state index contributed by atoms with van der Waals surface area (Å²) in [6.45, 7) is 6.58. The van der Waals surface area contributed by atoms with Gasteiger partial charge in [-0.3, -0.25) is 0 Å². The number of hydrogen-bond donors (Lipinski definition) is 3. The largest absolute Gasteiger partial charge is 0.409 e. The number of nitrogens with one attached hydrogen (secondary N) is 1. The highest BCUT2D eigenvalue weighted by Crippen LogP contribution is 2.05. The predicted octanol–water partition coefficient (Wildman–Crippen LogP) is 0.197. The molecule has 5 heteroatoms. The number of rotatable bonds is 6. The van der Waals surface area contributed by atoms with E-state index in [1.165, 1.54) is 25.9 Å². The van der Waals surface area contributed by atoms with Gasteiger partial charge in [0, 0.05) is 25.6 Å². The van der Waals surface area contributed by atoms with Gasteiger partial charge in [-0.05, 0) is 32.9 Å². The van der Waals surface area contributed by atoms with Crippen LogP contribution >= 0.6 is 0 Å². The lowest BCUT2D eigenvalue weighted by Gasteiger charge is -2.17. The fourth-order valence-electron chi connectivity index (χ4n) is 1.90. The second-order valence-corrected chi connectivity index (χ2v) is 4.20. The molecular formula is C10H22N4O. The van der Waals surface area contributed by atoms with Crippen molar-refractivity contribution in [3.8, 4) is 0 Å². The molecule has 0 aromatic rings. The molecule has 0 bridgehead atoms. The summed E-state index contributed by atoms with van der Waals surface area (Å²) < 4.78 is 0. The molecule has 0 saturated carbocycles. The van der Waals surface area contributed by atoms with Crippen LogP contribution in [0.2, 0.25) is 0 Å². The van der Waals surface area contributed by atoms with E-state index in [0.29, 0.717) is 6.42 Å². The summed E-state index contributed by atoms with van der Waals surface area (Å²) in [5, 5.41) is 14.7. The van der Waals surface area contributed by atoms with Crippen LogP contribution in [0.4, 0.5) is 0 Å². The van der Waals surface area contributed by atoms with Crippen LogP contribution in [0.5, 0.6) is 0 Å². The molecule has 1 fully saturated rings. The highest BCUT2D eigenvalue weighted by molar-refractivity contribution is 5.80. The van der Waals surface area contributed by atoms with Gasteiger partial charge in [-0.1, -0.05) is 5.16 Å². The highest BCUT2D eigenvalue weighted by Gasteiger charge is 2.11. The van der Waals surface area contributed by atoms with Crippen LogP contribution in [0.25, 0.3) is 0 Å². The van der Waals surface area contributed by atoms with E-state index >= 15 is 0 Å². The van der Waals surface area contributed by atoms with Crippen molar-refractivity contribution in [1.29, 1.82) is 0 Å². The molecule has 0 spiro atoms. The third kappa shape index (κ3) is 4.99.